The third kappa shape index (κ3) is 2.70. The topological polar surface area (TPSA) is 74.7 Å². The molecule has 2 aromatic rings. The SMILES string of the molecule is CSc1ccc(N2C(CC(=O)O)c3ccccc3S2(=O)=O)cc1. The van der Waals surface area contributed by atoms with Crippen LogP contribution in [0.5, 0.6) is 0 Å². The Hall–Kier alpha value is -1.99. The zero-order valence-corrected chi connectivity index (χ0v) is 14.0. The highest BCUT2D eigenvalue weighted by Gasteiger charge is 2.43. The van der Waals surface area contributed by atoms with Crippen molar-refractivity contribution in [2.75, 3.05) is 10.6 Å². The molecule has 1 heterocycles. The van der Waals surface area contributed by atoms with Crippen LogP contribution in [0.1, 0.15) is 18.0 Å². The lowest BCUT2D eigenvalue weighted by molar-refractivity contribution is -0.137. The summed E-state index contributed by atoms with van der Waals surface area (Å²) in [5.41, 5.74) is 1.01. The maximum absolute atomic E-state index is 12.9. The minimum atomic E-state index is -3.75. The molecule has 5 nitrogen and oxygen atoms in total. The fraction of sp³-hybridized carbons (Fsp3) is 0.188. The Morgan fingerprint density at radius 2 is 1.83 bits per heavy atom. The van der Waals surface area contributed by atoms with Gasteiger partial charge in [-0.05, 0) is 42.2 Å². The average molecular weight is 349 g/mol. The fourth-order valence-corrected chi connectivity index (χ4v) is 5.09. The summed E-state index contributed by atoms with van der Waals surface area (Å²) >= 11 is 1.56. The molecule has 0 spiro atoms. The van der Waals surface area contributed by atoms with Crippen molar-refractivity contribution in [1.82, 2.24) is 0 Å². The van der Waals surface area contributed by atoms with E-state index in [4.69, 9.17) is 0 Å². The Morgan fingerprint density at radius 1 is 1.17 bits per heavy atom. The van der Waals surface area contributed by atoms with E-state index in [0.29, 0.717) is 11.3 Å². The van der Waals surface area contributed by atoms with Gasteiger partial charge in [0.2, 0.25) is 0 Å². The van der Waals surface area contributed by atoms with E-state index in [0.717, 1.165) is 4.90 Å². The molecule has 0 aliphatic carbocycles. The molecule has 2 aromatic carbocycles. The molecule has 23 heavy (non-hydrogen) atoms. The van der Waals surface area contributed by atoms with Crippen molar-refractivity contribution in [3.8, 4) is 0 Å². The molecule has 120 valence electrons. The molecule has 1 atom stereocenters. The van der Waals surface area contributed by atoms with Gasteiger partial charge < -0.3 is 5.11 Å². The number of aliphatic carboxylic acids is 1. The molecular formula is C16H15NO4S2. The van der Waals surface area contributed by atoms with E-state index in [1.54, 1.807) is 42.1 Å². The second kappa shape index (κ2) is 5.90. The summed E-state index contributed by atoms with van der Waals surface area (Å²) in [6.07, 6.45) is 1.66. The van der Waals surface area contributed by atoms with Crippen LogP contribution in [0.2, 0.25) is 0 Å². The molecule has 3 rings (SSSR count). The number of carboxylic acid groups (broad SMARTS) is 1. The third-order valence-corrected chi connectivity index (χ3v) is 6.45. The van der Waals surface area contributed by atoms with Gasteiger partial charge in [-0.15, -0.1) is 11.8 Å². The Labute approximate surface area is 139 Å². The standard InChI is InChI=1S/C16H15NO4S2/c1-22-12-8-6-11(7-9-12)17-14(10-16(18)19)13-4-2-3-5-15(13)23(17,20)21/h2-9,14H,10H2,1H3,(H,18,19). The van der Waals surface area contributed by atoms with Crippen LogP contribution in [-0.4, -0.2) is 25.7 Å². The van der Waals surface area contributed by atoms with E-state index >= 15 is 0 Å². The Morgan fingerprint density at radius 3 is 2.43 bits per heavy atom. The van der Waals surface area contributed by atoms with Crippen molar-refractivity contribution in [3.63, 3.8) is 0 Å². The van der Waals surface area contributed by atoms with Gasteiger partial charge in [0.05, 0.1) is 23.0 Å². The molecule has 7 heteroatoms. The van der Waals surface area contributed by atoms with Gasteiger partial charge in [-0.25, -0.2) is 8.42 Å². The summed E-state index contributed by atoms with van der Waals surface area (Å²) in [5.74, 6) is -1.03. The molecule has 1 unspecified atom stereocenters. The molecule has 0 aromatic heterocycles. The summed E-state index contributed by atoms with van der Waals surface area (Å²) in [6.45, 7) is 0. The van der Waals surface area contributed by atoms with Gasteiger partial charge in [0.25, 0.3) is 10.0 Å². The van der Waals surface area contributed by atoms with Gasteiger partial charge in [-0.2, -0.15) is 0 Å². The Balaban J connectivity index is 2.14. The van der Waals surface area contributed by atoms with E-state index in [9.17, 15) is 18.3 Å². The number of rotatable bonds is 4. The summed E-state index contributed by atoms with van der Waals surface area (Å²) in [6, 6.07) is 12.9. The van der Waals surface area contributed by atoms with Crippen LogP contribution < -0.4 is 4.31 Å². The Kier molecular flexibility index (Phi) is 4.08. The van der Waals surface area contributed by atoms with E-state index in [2.05, 4.69) is 0 Å². The van der Waals surface area contributed by atoms with Crippen molar-refractivity contribution < 1.29 is 18.3 Å². The predicted molar refractivity (Wildman–Crippen MR) is 89.3 cm³/mol. The highest BCUT2D eigenvalue weighted by Crippen LogP contribution is 2.44. The van der Waals surface area contributed by atoms with E-state index in [1.807, 2.05) is 18.4 Å². The molecule has 0 radical (unpaired) electrons. The minimum Gasteiger partial charge on any atom is -0.481 e. The van der Waals surface area contributed by atoms with Crippen LogP contribution in [0.25, 0.3) is 0 Å². The zero-order chi connectivity index (χ0) is 16.6. The molecule has 1 N–H and O–H groups in total. The summed E-state index contributed by atoms with van der Waals surface area (Å²) in [5, 5.41) is 9.19. The fourth-order valence-electron chi connectivity index (χ4n) is 2.80. The van der Waals surface area contributed by atoms with Crippen LogP contribution in [0.3, 0.4) is 0 Å². The second-order valence-electron chi connectivity index (χ2n) is 5.15. The minimum absolute atomic E-state index is 0.181. The van der Waals surface area contributed by atoms with Crippen molar-refractivity contribution >= 4 is 33.4 Å². The number of fused-ring (bicyclic) bond motifs is 1. The van der Waals surface area contributed by atoms with Gasteiger partial charge in [0.15, 0.2) is 0 Å². The van der Waals surface area contributed by atoms with Crippen LogP contribution in [-0.2, 0) is 14.8 Å². The number of anilines is 1. The van der Waals surface area contributed by atoms with Crippen LogP contribution in [0.15, 0.2) is 58.3 Å². The van der Waals surface area contributed by atoms with Crippen LogP contribution >= 0.6 is 11.8 Å². The van der Waals surface area contributed by atoms with Gasteiger partial charge in [-0.1, -0.05) is 18.2 Å². The highest BCUT2D eigenvalue weighted by atomic mass is 32.2. The van der Waals surface area contributed by atoms with Crippen molar-refractivity contribution in [2.45, 2.75) is 22.3 Å². The first kappa shape index (κ1) is 15.9. The van der Waals surface area contributed by atoms with Crippen molar-refractivity contribution in [2.24, 2.45) is 0 Å². The molecule has 1 aliphatic rings. The lowest BCUT2D eigenvalue weighted by Gasteiger charge is -2.24. The molecule has 0 fully saturated rings. The van der Waals surface area contributed by atoms with E-state index in [-0.39, 0.29) is 11.3 Å². The summed E-state index contributed by atoms with van der Waals surface area (Å²) in [4.78, 5) is 12.4. The number of thioether (sulfide) groups is 1. The zero-order valence-electron chi connectivity index (χ0n) is 12.3. The van der Waals surface area contributed by atoms with Crippen molar-refractivity contribution in [1.29, 1.82) is 0 Å². The summed E-state index contributed by atoms with van der Waals surface area (Å²) in [7, 11) is -3.75. The largest absolute Gasteiger partial charge is 0.481 e. The van der Waals surface area contributed by atoms with Crippen LogP contribution in [0.4, 0.5) is 5.69 Å². The first-order valence-corrected chi connectivity index (χ1v) is 9.61. The first-order valence-electron chi connectivity index (χ1n) is 6.94. The Bertz CT molecular complexity index is 847. The third-order valence-electron chi connectivity index (χ3n) is 3.79. The van der Waals surface area contributed by atoms with Gasteiger partial charge in [0.1, 0.15) is 0 Å². The monoisotopic (exact) mass is 349 g/mol. The molecule has 0 saturated heterocycles. The second-order valence-corrected chi connectivity index (χ2v) is 7.81. The average Bonchev–Trinajstić information content (AvgIpc) is 2.75. The molecule has 1 aliphatic heterocycles. The van der Waals surface area contributed by atoms with Gasteiger partial charge in [-0.3, -0.25) is 9.10 Å². The molecule has 0 amide bonds. The quantitative estimate of drug-likeness (QED) is 0.859. The lowest BCUT2D eigenvalue weighted by atomic mass is 10.0. The lowest BCUT2D eigenvalue weighted by Crippen LogP contribution is -2.29. The molecular weight excluding hydrogens is 334 g/mol. The number of hydrogen-bond acceptors (Lipinski definition) is 4. The summed E-state index contributed by atoms with van der Waals surface area (Å²) < 4.78 is 26.9. The van der Waals surface area contributed by atoms with Gasteiger partial charge in [0, 0.05) is 4.90 Å². The maximum atomic E-state index is 12.9. The molecule has 0 saturated carbocycles. The predicted octanol–water partition coefficient (Wildman–Crippen LogP) is 3.13. The van der Waals surface area contributed by atoms with E-state index < -0.39 is 22.0 Å². The van der Waals surface area contributed by atoms with Crippen LogP contribution in [0, 0.1) is 0 Å². The number of carboxylic acids is 1. The normalized spacial score (nSPS) is 18.7. The maximum Gasteiger partial charge on any atom is 0.305 e. The number of sulfonamides is 1. The number of hydrogen-bond donors (Lipinski definition) is 1. The first-order chi connectivity index (χ1) is 10.9. The van der Waals surface area contributed by atoms with E-state index in [1.165, 1.54) is 10.4 Å². The van der Waals surface area contributed by atoms with Crippen molar-refractivity contribution in [3.05, 3.63) is 54.1 Å². The molecule has 0 bridgehead atoms. The number of benzene rings is 2. The number of nitrogens with zero attached hydrogens (tertiary/aromatic N) is 1. The number of carbonyl (C=O) groups is 1. The van der Waals surface area contributed by atoms with Gasteiger partial charge >= 0.3 is 5.97 Å². The smallest absolute Gasteiger partial charge is 0.305 e. The highest BCUT2D eigenvalue weighted by molar-refractivity contribution is 7.98.